The molecular formula is C19H21ClN6S. The second kappa shape index (κ2) is 7.05. The summed E-state index contributed by atoms with van der Waals surface area (Å²) in [5.41, 5.74) is 5.03. The molecule has 0 unspecified atom stereocenters. The van der Waals surface area contributed by atoms with Crippen molar-refractivity contribution in [1.29, 1.82) is 0 Å². The molecule has 0 spiro atoms. The summed E-state index contributed by atoms with van der Waals surface area (Å²) in [4.78, 5) is 9.83. The zero-order chi connectivity index (χ0) is 19.1. The molecule has 0 bridgehead atoms. The fraction of sp³-hybridized carbons (Fsp3) is 0.368. The van der Waals surface area contributed by atoms with Gasteiger partial charge in [0.05, 0.1) is 21.3 Å². The van der Waals surface area contributed by atoms with Crippen LogP contribution in [0.4, 0.5) is 0 Å². The normalized spacial score (nSPS) is 11.8. The van der Waals surface area contributed by atoms with E-state index < -0.39 is 0 Å². The number of hydrogen-bond acceptors (Lipinski definition) is 5. The molecule has 4 aromatic rings. The lowest BCUT2D eigenvalue weighted by atomic mass is 9.95. The van der Waals surface area contributed by atoms with Crippen LogP contribution in [-0.4, -0.2) is 29.4 Å². The molecule has 0 fully saturated rings. The minimum atomic E-state index is 0.466. The molecule has 0 saturated carbocycles. The molecule has 0 aliphatic carbocycles. The van der Waals surface area contributed by atoms with Gasteiger partial charge in [-0.25, -0.2) is 19.2 Å². The predicted octanol–water partition coefficient (Wildman–Crippen LogP) is 5.21. The Bertz CT molecular complexity index is 1090. The van der Waals surface area contributed by atoms with Gasteiger partial charge in [-0.15, -0.1) is 11.3 Å². The molecule has 4 aromatic heterocycles. The summed E-state index contributed by atoms with van der Waals surface area (Å²) < 4.78 is 3.67. The van der Waals surface area contributed by atoms with Gasteiger partial charge in [-0.05, 0) is 44.7 Å². The Kier molecular flexibility index (Phi) is 4.74. The minimum absolute atomic E-state index is 0.466. The van der Waals surface area contributed by atoms with Gasteiger partial charge < -0.3 is 0 Å². The minimum Gasteiger partial charge on any atom is -0.231 e. The number of imidazole rings is 1. The molecule has 4 rings (SSSR count). The number of rotatable bonds is 5. The van der Waals surface area contributed by atoms with Gasteiger partial charge in [0.2, 0.25) is 0 Å². The van der Waals surface area contributed by atoms with E-state index in [0.717, 1.165) is 45.4 Å². The van der Waals surface area contributed by atoms with Crippen molar-refractivity contribution in [2.75, 3.05) is 0 Å². The average Bonchev–Trinajstić information content (AvgIpc) is 3.35. The monoisotopic (exact) mass is 400 g/mol. The van der Waals surface area contributed by atoms with Crippen LogP contribution in [0.3, 0.4) is 0 Å². The highest BCUT2D eigenvalue weighted by Gasteiger charge is 2.22. The fourth-order valence-corrected chi connectivity index (χ4v) is 4.96. The van der Waals surface area contributed by atoms with E-state index in [1.165, 1.54) is 11.9 Å². The van der Waals surface area contributed by atoms with E-state index in [-0.39, 0.29) is 0 Å². The van der Waals surface area contributed by atoms with Crippen molar-refractivity contribution in [3.05, 3.63) is 46.8 Å². The molecule has 27 heavy (non-hydrogen) atoms. The van der Waals surface area contributed by atoms with Crippen molar-refractivity contribution < 1.29 is 0 Å². The molecule has 0 aromatic carbocycles. The lowest BCUT2D eigenvalue weighted by Crippen LogP contribution is -2.04. The average molecular weight is 401 g/mol. The summed E-state index contributed by atoms with van der Waals surface area (Å²) >= 11 is 8.17. The Balaban J connectivity index is 1.95. The molecule has 4 heterocycles. The van der Waals surface area contributed by atoms with Gasteiger partial charge in [0.1, 0.15) is 23.3 Å². The second-order valence-corrected chi connectivity index (χ2v) is 8.08. The summed E-state index contributed by atoms with van der Waals surface area (Å²) in [5, 5.41) is 10.5. The third kappa shape index (κ3) is 3.04. The first-order valence-corrected chi connectivity index (χ1v) is 10.2. The maximum Gasteiger partial charge on any atom is 0.158 e. The van der Waals surface area contributed by atoms with Gasteiger partial charge >= 0.3 is 0 Å². The van der Waals surface area contributed by atoms with E-state index in [9.17, 15) is 0 Å². The van der Waals surface area contributed by atoms with Crippen molar-refractivity contribution in [2.45, 2.75) is 46.5 Å². The molecular weight excluding hydrogens is 380 g/mol. The van der Waals surface area contributed by atoms with Crippen LogP contribution in [-0.2, 0) is 0 Å². The van der Waals surface area contributed by atoms with E-state index in [0.29, 0.717) is 10.9 Å². The smallest absolute Gasteiger partial charge is 0.158 e. The van der Waals surface area contributed by atoms with Crippen LogP contribution in [0.5, 0.6) is 0 Å². The highest BCUT2D eigenvalue weighted by molar-refractivity contribution is 7.18. The number of thiophene rings is 1. The molecule has 140 valence electrons. The van der Waals surface area contributed by atoms with Gasteiger partial charge in [0, 0.05) is 5.56 Å². The Morgan fingerprint density at radius 2 is 1.96 bits per heavy atom. The maximum atomic E-state index is 6.60. The molecule has 0 aliphatic heterocycles. The number of hydrogen-bond donors (Lipinski definition) is 0. The quantitative estimate of drug-likeness (QED) is 0.461. The lowest BCUT2D eigenvalue weighted by Gasteiger charge is -2.14. The van der Waals surface area contributed by atoms with Crippen molar-refractivity contribution >= 4 is 28.6 Å². The van der Waals surface area contributed by atoms with Crippen LogP contribution < -0.4 is 0 Å². The Labute approximate surface area is 166 Å². The number of halogens is 1. The van der Waals surface area contributed by atoms with Crippen LogP contribution in [0.1, 0.15) is 49.6 Å². The Morgan fingerprint density at radius 1 is 1.19 bits per heavy atom. The van der Waals surface area contributed by atoms with Crippen molar-refractivity contribution in [1.82, 2.24) is 29.4 Å². The summed E-state index contributed by atoms with van der Waals surface area (Å²) in [7, 11) is 0. The van der Waals surface area contributed by atoms with Crippen molar-refractivity contribution in [3.8, 4) is 15.6 Å². The standard InChI is InChI=1S/C19H21ClN6S/c1-5-13(6-2)14-7-11(3)24-26-17(12(4)23-19(14)26)18-15(20)8-16(27-18)25-10-21-9-22-25/h7-10,13H,5-6H2,1-4H3. The largest absolute Gasteiger partial charge is 0.231 e. The molecule has 6 nitrogen and oxygen atoms in total. The van der Waals surface area contributed by atoms with E-state index in [4.69, 9.17) is 21.7 Å². The maximum absolute atomic E-state index is 6.60. The van der Waals surface area contributed by atoms with E-state index in [2.05, 4.69) is 30.0 Å². The lowest BCUT2D eigenvalue weighted by molar-refractivity contribution is 0.638. The summed E-state index contributed by atoms with van der Waals surface area (Å²) in [6.07, 6.45) is 5.33. The van der Waals surface area contributed by atoms with Crippen LogP contribution >= 0.6 is 22.9 Å². The first kappa shape index (κ1) is 18.1. The zero-order valence-electron chi connectivity index (χ0n) is 15.8. The van der Waals surface area contributed by atoms with Crippen LogP contribution in [0.25, 0.3) is 21.2 Å². The Hall–Kier alpha value is -2.25. The molecule has 0 N–H and O–H groups in total. The summed E-state index contributed by atoms with van der Waals surface area (Å²) in [6.45, 7) is 8.48. The molecule has 0 aliphatic rings. The third-order valence-electron chi connectivity index (χ3n) is 4.87. The van der Waals surface area contributed by atoms with Crippen LogP contribution in [0, 0.1) is 13.8 Å². The van der Waals surface area contributed by atoms with E-state index >= 15 is 0 Å². The number of nitrogens with zero attached hydrogens (tertiary/aromatic N) is 6. The molecule has 0 amide bonds. The number of fused-ring (bicyclic) bond motifs is 1. The third-order valence-corrected chi connectivity index (χ3v) is 6.41. The van der Waals surface area contributed by atoms with Crippen molar-refractivity contribution in [2.24, 2.45) is 0 Å². The fourth-order valence-electron chi connectivity index (χ4n) is 3.52. The first-order valence-electron chi connectivity index (χ1n) is 9.05. The molecule has 0 radical (unpaired) electrons. The Morgan fingerprint density at radius 3 is 2.63 bits per heavy atom. The van der Waals surface area contributed by atoms with Crippen LogP contribution in [0.15, 0.2) is 24.8 Å². The zero-order valence-corrected chi connectivity index (χ0v) is 17.3. The van der Waals surface area contributed by atoms with Gasteiger partial charge in [0.25, 0.3) is 0 Å². The highest BCUT2D eigenvalue weighted by atomic mass is 35.5. The number of aryl methyl sites for hydroxylation is 2. The topological polar surface area (TPSA) is 60.9 Å². The molecule has 0 saturated heterocycles. The van der Waals surface area contributed by atoms with Gasteiger partial charge in [-0.1, -0.05) is 25.4 Å². The van der Waals surface area contributed by atoms with Gasteiger partial charge in [-0.3, -0.25) is 0 Å². The summed E-state index contributed by atoms with van der Waals surface area (Å²) in [6, 6.07) is 4.08. The highest BCUT2D eigenvalue weighted by Crippen LogP contribution is 2.40. The van der Waals surface area contributed by atoms with Gasteiger partial charge in [-0.2, -0.15) is 10.2 Å². The predicted molar refractivity (Wildman–Crippen MR) is 109 cm³/mol. The van der Waals surface area contributed by atoms with Crippen molar-refractivity contribution in [3.63, 3.8) is 0 Å². The van der Waals surface area contributed by atoms with E-state index in [1.54, 1.807) is 22.3 Å². The molecule has 8 heteroatoms. The van der Waals surface area contributed by atoms with Crippen LogP contribution in [0.2, 0.25) is 5.02 Å². The second-order valence-electron chi connectivity index (χ2n) is 6.64. The first-order chi connectivity index (χ1) is 13.0. The molecule has 0 atom stereocenters. The summed E-state index contributed by atoms with van der Waals surface area (Å²) in [5.74, 6) is 0.466. The van der Waals surface area contributed by atoms with Gasteiger partial charge in [0.15, 0.2) is 5.65 Å². The number of aromatic nitrogens is 6. The SMILES string of the molecule is CCC(CC)c1cc(C)nn2c(-c3sc(-n4cncn4)cc3Cl)c(C)nc12. The van der Waals surface area contributed by atoms with E-state index in [1.807, 2.05) is 24.4 Å².